The largest absolute Gasteiger partial charge is 0.326 e. The van der Waals surface area contributed by atoms with Crippen molar-refractivity contribution in [3.63, 3.8) is 0 Å². The van der Waals surface area contributed by atoms with E-state index in [1.165, 1.54) is 17.1 Å². The van der Waals surface area contributed by atoms with Crippen LogP contribution in [0.1, 0.15) is 23.0 Å². The predicted molar refractivity (Wildman–Crippen MR) is 88.3 cm³/mol. The van der Waals surface area contributed by atoms with Crippen LogP contribution in [0, 0.1) is 5.92 Å². The van der Waals surface area contributed by atoms with Crippen LogP contribution in [-0.2, 0) is 4.79 Å². The van der Waals surface area contributed by atoms with Crippen molar-refractivity contribution in [3.05, 3.63) is 29.8 Å². The Balaban J connectivity index is 1.64. The van der Waals surface area contributed by atoms with Gasteiger partial charge in [0.05, 0.1) is 4.58 Å². The van der Waals surface area contributed by atoms with Gasteiger partial charge in [0.15, 0.2) is 0 Å². The minimum absolute atomic E-state index is 0.162. The zero-order valence-electron chi connectivity index (χ0n) is 11.4. The molecule has 1 amide bonds. The van der Waals surface area contributed by atoms with E-state index in [0.29, 0.717) is 4.58 Å². The molecule has 108 valence electrons. The summed E-state index contributed by atoms with van der Waals surface area (Å²) in [4.78, 5) is 12.3. The number of piperidine rings is 1. The van der Waals surface area contributed by atoms with Gasteiger partial charge in [0.25, 0.3) is 0 Å². The molecule has 2 aliphatic heterocycles. The number of nitrogens with one attached hydrogen (secondary N) is 2. The van der Waals surface area contributed by atoms with E-state index in [9.17, 15) is 4.79 Å². The van der Waals surface area contributed by atoms with E-state index in [4.69, 9.17) is 0 Å². The molecule has 0 atom stereocenters. The fraction of sp³-hybridized carbons (Fsp3) is 0.533. The molecule has 2 N–H and O–H groups in total. The quantitative estimate of drug-likeness (QED) is 0.900. The van der Waals surface area contributed by atoms with E-state index in [2.05, 4.69) is 22.8 Å². The van der Waals surface area contributed by atoms with Gasteiger partial charge in [-0.15, -0.1) is 23.5 Å². The van der Waals surface area contributed by atoms with Gasteiger partial charge in [-0.2, -0.15) is 0 Å². The molecule has 5 heteroatoms. The molecular weight excluding hydrogens is 288 g/mol. The van der Waals surface area contributed by atoms with E-state index in [1.807, 2.05) is 35.7 Å². The number of rotatable bonds is 3. The number of anilines is 1. The second-order valence-electron chi connectivity index (χ2n) is 5.21. The van der Waals surface area contributed by atoms with E-state index in [0.717, 1.165) is 31.6 Å². The summed E-state index contributed by atoms with van der Waals surface area (Å²) in [6, 6.07) is 8.34. The van der Waals surface area contributed by atoms with Crippen molar-refractivity contribution in [2.45, 2.75) is 17.4 Å². The highest BCUT2D eigenvalue weighted by Crippen LogP contribution is 2.45. The Morgan fingerprint density at radius 3 is 2.70 bits per heavy atom. The van der Waals surface area contributed by atoms with Crippen LogP contribution in [0.4, 0.5) is 5.69 Å². The Morgan fingerprint density at radius 1 is 1.20 bits per heavy atom. The first-order chi connectivity index (χ1) is 9.83. The van der Waals surface area contributed by atoms with Crippen molar-refractivity contribution in [2.24, 2.45) is 5.92 Å². The topological polar surface area (TPSA) is 41.1 Å². The van der Waals surface area contributed by atoms with Gasteiger partial charge in [0.1, 0.15) is 0 Å². The summed E-state index contributed by atoms with van der Waals surface area (Å²) in [5, 5.41) is 6.38. The highest BCUT2D eigenvalue weighted by Gasteiger charge is 2.22. The lowest BCUT2D eigenvalue weighted by atomic mass is 9.97. The molecule has 2 aliphatic rings. The summed E-state index contributed by atoms with van der Waals surface area (Å²) < 4.78 is 0.533. The van der Waals surface area contributed by atoms with Crippen LogP contribution < -0.4 is 10.6 Å². The Labute approximate surface area is 128 Å². The molecule has 0 saturated carbocycles. The minimum Gasteiger partial charge on any atom is -0.326 e. The third-order valence-corrected chi connectivity index (χ3v) is 6.86. The van der Waals surface area contributed by atoms with Gasteiger partial charge >= 0.3 is 0 Å². The van der Waals surface area contributed by atoms with Crippen LogP contribution >= 0.6 is 23.5 Å². The number of hydrogen-bond donors (Lipinski definition) is 2. The maximum Gasteiger partial charge on any atom is 0.227 e. The number of thioether (sulfide) groups is 2. The summed E-state index contributed by atoms with van der Waals surface area (Å²) in [6.07, 6.45) is 1.89. The third-order valence-electron chi connectivity index (χ3n) is 3.76. The summed E-state index contributed by atoms with van der Waals surface area (Å²) in [5.74, 6) is 2.78. The number of amides is 1. The normalized spacial score (nSPS) is 21.0. The third kappa shape index (κ3) is 3.51. The number of carbonyl (C=O) groups excluding carboxylic acids is 1. The van der Waals surface area contributed by atoms with Crippen molar-refractivity contribution < 1.29 is 4.79 Å². The number of carbonyl (C=O) groups is 1. The lowest BCUT2D eigenvalue weighted by molar-refractivity contribution is -0.120. The molecule has 2 fully saturated rings. The van der Waals surface area contributed by atoms with E-state index in [1.54, 1.807) is 0 Å². The van der Waals surface area contributed by atoms with Gasteiger partial charge in [0, 0.05) is 23.1 Å². The van der Waals surface area contributed by atoms with Crippen molar-refractivity contribution in [3.8, 4) is 0 Å². The first kappa shape index (κ1) is 14.3. The fourth-order valence-corrected chi connectivity index (χ4v) is 5.48. The molecule has 0 aliphatic carbocycles. The molecule has 20 heavy (non-hydrogen) atoms. The Kier molecular flexibility index (Phi) is 4.91. The molecule has 3 rings (SSSR count). The highest BCUT2D eigenvalue weighted by atomic mass is 32.2. The maximum atomic E-state index is 12.3. The second-order valence-corrected chi connectivity index (χ2v) is 7.94. The average Bonchev–Trinajstić information content (AvgIpc) is 3.03. The SMILES string of the molecule is O=C(Nc1cccc(C2SCCS2)c1)C1CCNCC1. The molecule has 0 bridgehead atoms. The van der Waals surface area contributed by atoms with Gasteiger partial charge < -0.3 is 10.6 Å². The Hall–Kier alpha value is -0.650. The van der Waals surface area contributed by atoms with Crippen molar-refractivity contribution in [1.29, 1.82) is 0 Å². The van der Waals surface area contributed by atoms with Crippen LogP contribution in [0.2, 0.25) is 0 Å². The van der Waals surface area contributed by atoms with E-state index in [-0.39, 0.29) is 11.8 Å². The molecule has 1 aromatic rings. The molecule has 0 unspecified atom stereocenters. The van der Waals surface area contributed by atoms with Gasteiger partial charge in [-0.3, -0.25) is 4.79 Å². The molecule has 2 heterocycles. The average molecular weight is 308 g/mol. The van der Waals surface area contributed by atoms with Crippen molar-refractivity contribution in [2.75, 3.05) is 29.9 Å². The Morgan fingerprint density at radius 2 is 1.95 bits per heavy atom. The fourth-order valence-electron chi connectivity index (χ4n) is 2.64. The van der Waals surface area contributed by atoms with Gasteiger partial charge in [-0.25, -0.2) is 0 Å². The highest BCUT2D eigenvalue weighted by molar-refractivity contribution is 8.19. The predicted octanol–water partition coefficient (Wildman–Crippen LogP) is 3.10. The first-order valence-electron chi connectivity index (χ1n) is 7.18. The van der Waals surface area contributed by atoms with Crippen LogP contribution in [-0.4, -0.2) is 30.5 Å². The minimum atomic E-state index is 0.162. The van der Waals surface area contributed by atoms with E-state index >= 15 is 0 Å². The lowest BCUT2D eigenvalue weighted by Crippen LogP contribution is -2.34. The molecule has 2 saturated heterocycles. The van der Waals surface area contributed by atoms with E-state index < -0.39 is 0 Å². The molecule has 3 nitrogen and oxygen atoms in total. The Bertz CT molecular complexity index is 469. The summed E-state index contributed by atoms with van der Waals surface area (Å²) in [7, 11) is 0. The number of hydrogen-bond acceptors (Lipinski definition) is 4. The standard InChI is InChI=1S/C15H20N2OS2/c18-14(11-4-6-16-7-5-11)17-13-3-1-2-12(10-13)15-19-8-9-20-15/h1-3,10-11,15-16H,4-9H2,(H,17,18). The molecule has 1 aromatic carbocycles. The van der Waals surface area contributed by atoms with Crippen LogP contribution in [0.15, 0.2) is 24.3 Å². The van der Waals surface area contributed by atoms with Gasteiger partial charge in [-0.1, -0.05) is 12.1 Å². The second kappa shape index (κ2) is 6.87. The summed E-state index contributed by atoms with van der Waals surface area (Å²) in [5.41, 5.74) is 2.26. The van der Waals surface area contributed by atoms with Gasteiger partial charge in [-0.05, 0) is 43.6 Å². The van der Waals surface area contributed by atoms with Crippen molar-refractivity contribution in [1.82, 2.24) is 5.32 Å². The summed E-state index contributed by atoms with van der Waals surface area (Å²) in [6.45, 7) is 1.90. The monoisotopic (exact) mass is 308 g/mol. The number of benzene rings is 1. The van der Waals surface area contributed by atoms with Crippen LogP contribution in [0.25, 0.3) is 0 Å². The first-order valence-corrected chi connectivity index (χ1v) is 9.27. The zero-order chi connectivity index (χ0) is 13.8. The molecule has 0 aromatic heterocycles. The molecule has 0 radical (unpaired) electrons. The van der Waals surface area contributed by atoms with Gasteiger partial charge in [0.2, 0.25) is 5.91 Å². The molecular formula is C15H20N2OS2. The molecule has 0 spiro atoms. The summed E-state index contributed by atoms with van der Waals surface area (Å²) >= 11 is 3.99. The zero-order valence-corrected chi connectivity index (χ0v) is 13.1. The van der Waals surface area contributed by atoms with Crippen LogP contribution in [0.3, 0.4) is 0 Å². The van der Waals surface area contributed by atoms with Crippen molar-refractivity contribution >= 4 is 35.1 Å². The van der Waals surface area contributed by atoms with Crippen LogP contribution in [0.5, 0.6) is 0 Å². The lowest BCUT2D eigenvalue weighted by Gasteiger charge is -2.22. The maximum absolute atomic E-state index is 12.3. The smallest absolute Gasteiger partial charge is 0.227 e.